The zero-order chi connectivity index (χ0) is 13.3. The summed E-state index contributed by atoms with van der Waals surface area (Å²) in [4.78, 5) is 3.28. The lowest BCUT2D eigenvalue weighted by atomic mass is 9.73. The second kappa shape index (κ2) is 5.66. The first-order valence-corrected chi connectivity index (χ1v) is 8.27. The molecule has 1 atom stereocenters. The molecule has 1 spiro atoms. The van der Waals surface area contributed by atoms with Crippen molar-refractivity contribution in [2.45, 2.75) is 75.5 Å². The summed E-state index contributed by atoms with van der Waals surface area (Å²) < 4.78 is 6.06. The molecule has 0 amide bonds. The highest BCUT2D eigenvalue weighted by Crippen LogP contribution is 2.44. The zero-order valence-corrected chi connectivity index (χ0v) is 12.6. The summed E-state index contributed by atoms with van der Waals surface area (Å²) in [6.45, 7) is 1.73. The third-order valence-electron chi connectivity index (χ3n) is 5.33. The topological polar surface area (TPSA) is 38.5 Å². The van der Waals surface area contributed by atoms with Gasteiger partial charge in [-0.25, -0.2) is 0 Å². The van der Waals surface area contributed by atoms with E-state index in [4.69, 9.17) is 22.7 Å². The van der Waals surface area contributed by atoms with Crippen molar-refractivity contribution in [2.75, 3.05) is 13.2 Å². The van der Waals surface area contributed by atoms with Crippen LogP contribution in [0, 0.1) is 0 Å². The highest BCUT2D eigenvalue weighted by atomic mass is 32.1. The first-order chi connectivity index (χ1) is 9.19. The van der Waals surface area contributed by atoms with Gasteiger partial charge >= 0.3 is 0 Å². The van der Waals surface area contributed by atoms with Crippen LogP contribution in [0.4, 0.5) is 0 Å². The van der Waals surface area contributed by atoms with E-state index in [1.54, 1.807) is 0 Å². The Kier molecular flexibility index (Phi) is 4.11. The maximum Gasteiger partial charge on any atom is 0.0870 e. The number of thiocarbonyl (C=S) groups is 1. The third kappa shape index (κ3) is 2.96. The Morgan fingerprint density at radius 3 is 2.47 bits per heavy atom. The van der Waals surface area contributed by atoms with Gasteiger partial charge in [0.2, 0.25) is 0 Å². The van der Waals surface area contributed by atoms with E-state index in [0.717, 1.165) is 19.6 Å². The van der Waals surface area contributed by atoms with Crippen LogP contribution in [0.5, 0.6) is 0 Å². The van der Waals surface area contributed by atoms with Gasteiger partial charge in [-0.3, -0.25) is 4.90 Å². The predicted molar refractivity (Wildman–Crippen MR) is 81.3 cm³/mol. The summed E-state index contributed by atoms with van der Waals surface area (Å²) in [6, 6.07) is 1.35. The fraction of sp³-hybridized carbons (Fsp3) is 0.933. The molecule has 0 aromatic rings. The molecular weight excluding hydrogens is 256 g/mol. The average Bonchev–Trinajstić information content (AvgIpc) is 2.87. The van der Waals surface area contributed by atoms with Crippen LogP contribution in [0.3, 0.4) is 0 Å². The Hall–Kier alpha value is -0.190. The molecule has 2 saturated carbocycles. The van der Waals surface area contributed by atoms with E-state index < -0.39 is 0 Å². The van der Waals surface area contributed by atoms with Gasteiger partial charge < -0.3 is 10.5 Å². The maximum atomic E-state index is 6.06. The largest absolute Gasteiger partial charge is 0.392 e. The summed E-state index contributed by atoms with van der Waals surface area (Å²) in [7, 11) is 0. The fourth-order valence-electron chi connectivity index (χ4n) is 4.18. The normalized spacial score (nSPS) is 30.7. The van der Waals surface area contributed by atoms with Crippen molar-refractivity contribution in [1.82, 2.24) is 4.90 Å². The van der Waals surface area contributed by atoms with Gasteiger partial charge in [0.05, 0.1) is 10.6 Å². The standard InChI is InChI=1S/C15H26N2OS/c16-14(19)11-17(12-4-1-2-5-12)13-6-9-18-15(10-13)7-3-8-15/h12-13H,1-11H2,(H2,16,19). The highest BCUT2D eigenvalue weighted by Gasteiger charge is 2.45. The number of rotatable bonds is 4. The Morgan fingerprint density at radius 2 is 1.89 bits per heavy atom. The molecule has 19 heavy (non-hydrogen) atoms. The average molecular weight is 282 g/mol. The maximum absolute atomic E-state index is 6.06. The van der Waals surface area contributed by atoms with Crippen LogP contribution in [0.15, 0.2) is 0 Å². The van der Waals surface area contributed by atoms with Crippen molar-refractivity contribution in [1.29, 1.82) is 0 Å². The van der Waals surface area contributed by atoms with Crippen LogP contribution in [0.2, 0.25) is 0 Å². The first kappa shape index (κ1) is 13.8. The van der Waals surface area contributed by atoms with Gasteiger partial charge in [0.1, 0.15) is 0 Å². The van der Waals surface area contributed by atoms with E-state index in [9.17, 15) is 0 Å². The quantitative estimate of drug-likeness (QED) is 0.805. The van der Waals surface area contributed by atoms with Crippen molar-refractivity contribution >= 4 is 17.2 Å². The van der Waals surface area contributed by atoms with Crippen LogP contribution in [-0.2, 0) is 4.74 Å². The number of ether oxygens (including phenoxy) is 1. The van der Waals surface area contributed by atoms with Gasteiger partial charge in [-0.15, -0.1) is 0 Å². The molecule has 3 fully saturated rings. The van der Waals surface area contributed by atoms with Gasteiger partial charge in [0.15, 0.2) is 0 Å². The molecule has 2 aliphatic carbocycles. The lowest BCUT2D eigenvalue weighted by Crippen LogP contribution is -2.55. The van der Waals surface area contributed by atoms with Crippen LogP contribution in [0.25, 0.3) is 0 Å². The van der Waals surface area contributed by atoms with Gasteiger partial charge in [-0.05, 0) is 44.9 Å². The molecule has 1 aliphatic heterocycles. The molecule has 108 valence electrons. The van der Waals surface area contributed by atoms with Crippen molar-refractivity contribution in [3.8, 4) is 0 Å². The van der Waals surface area contributed by atoms with Gasteiger partial charge in [-0.1, -0.05) is 25.1 Å². The molecule has 1 unspecified atom stereocenters. The summed E-state index contributed by atoms with van der Waals surface area (Å²) in [5.74, 6) is 0. The molecule has 3 rings (SSSR count). The summed E-state index contributed by atoms with van der Waals surface area (Å²) >= 11 is 5.18. The van der Waals surface area contributed by atoms with Crippen LogP contribution < -0.4 is 5.73 Å². The molecule has 0 bridgehead atoms. The molecule has 0 radical (unpaired) electrons. The smallest absolute Gasteiger partial charge is 0.0870 e. The van der Waals surface area contributed by atoms with E-state index in [-0.39, 0.29) is 5.60 Å². The Morgan fingerprint density at radius 1 is 1.16 bits per heavy atom. The molecule has 1 saturated heterocycles. The second-order valence-electron chi connectivity index (χ2n) is 6.61. The first-order valence-electron chi connectivity index (χ1n) is 7.87. The molecule has 3 aliphatic rings. The highest BCUT2D eigenvalue weighted by molar-refractivity contribution is 7.80. The molecule has 0 aromatic heterocycles. The molecule has 0 aromatic carbocycles. The second-order valence-corrected chi connectivity index (χ2v) is 7.13. The van der Waals surface area contributed by atoms with E-state index in [1.807, 2.05) is 0 Å². The molecule has 4 heteroatoms. The summed E-state index contributed by atoms with van der Waals surface area (Å²) in [6.07, 6.45) is 11.6. The lowest BCUT2D eigenvalue weighted by Gasteiger charge is -2.50. The van der Waals surface area contributed by atoms with Gasteiger partial charge in [-0.2, -0.15) is 0 Å². The zero-order valence-electron chi connectivity index (χ0n) is 11.8. The van der Waals surface area contributed by atoms with E-state index in [1.165, 1.54) is 51.4 Å². The summed E-state index contributed by atoms with van der Waals surface area (Å²) in [5, 5.41) is 0. The number of nitrogens with two attached hydrogens (primary N) is 1. The number of hydrogen-bond acceptors (Lipinski definition) is 3. The van der Waals surface area contributed by atoms with E-state index >= 15 is 0 Å². The predicted octanol–water partition coefficient (Wildman–Crippen LogP) is 2.62. The van der Waals surface area contributed by atoms with E-state index in [0.29, 0.717) is 17.1 Å². The molecule has 3 nitrogen and oxygen atoms in total. The van der Waals surface area contributed by atoms with Crippen molar-refractivity contribution < 1.29 is 4.74 Å². The third-order valence-corrected chi connectivity index (χ3v) is 5.46. The van der Waals surface area contributed by atoms with Crippen molar-refractivity contribution in [2.24, 2.45) is 5.73 Å². The van der Waals surface area contributed by atoms with Gasteiger partial charge in [0, 0.05) is 25.2 Å². The monoisotopic (exact) mass is 282 g/mol. The Bertz CT molecular complexity index is 337. The van der Waals surface area contributed by atoms with Crippen LogP contribution in [0.1, 0.15) is 57.8 Å². The fourth-order valence-corrected chi connectivity index (χ4v) is 4.33. The minimum Gasteiger partial charge on any atom is -0.392 e. The minimum atomic E-state index is 0.218. The Balaban J connectivity index is 1.68. The SMILES string of the molecule is NC(=S)CN(C1CCCC1)C1CCOC2(CCC2)C1. The van der Waals surface area contributed by atoms with Crippen LogP contribution in [-0.4, -0.2) is 40.7 Å². The molecular formula is C15H26N2OS. The molecule has 2 N–H and O–H groups in total. The van der Waals surface area contributed by atoms with Crippen molar-refractivity contribution in [3.63, 3.8) is 0 Å². The van der Waals surface area contributed by atoms with Crippen LogP contribution >= 0.6 is 12.2 Å². The van der Waals surface area contributed by atoms with Gasteiger partial charge in [0.25, 0.3) is 0 Å². The van der Waals surface area contributed by atoms with Crippen molar-refractivity contribution in [3.05, 3.63) is 0 Å². The lowest BCUT2D eigenvalue weighted by molar-refractivity contribution is -0.150. The Labute approximate surface area is 121 Å². The number of hydrogen-bond donors (Lipinski definition) is 1. The van der Waals surface area contributed by atoms with E-state index in [2.05, 4.69) is 4.90 Å². The minimum absolute atomic E-state index is 0.218. The molecule has 1 heterocycles. The number of nitrogens with zero attached hydrogens (tertiary/aromatic N) is 1. The summed E-state index contributed by atoms with van der Waals surface area (Å²) in [5.41, 5.74) is 6.06.